The van der Waals surface area contributed by atoms with Crippen molar-refractivity contribution in [1.82, 2.24) is 15.8 Å². The van der Waals surface area contributed by atoms with E-state index < -0.39 is 0 Å². The zero-order chi connectivity index (χ0) is 11.3. The number of hydrazine groups is 1. The van der Waals surface area contributed by atoms with Gasteiger partial charge < -0.3 is 4.98 Å². The number of amides is 2. The largest absolute Gasteiger partial charge is 0.357 e. The molecule has 2 amide bonds. The second-order valence-electron chi connectivity index (χ2n) is 3.34. The average molecular weight is 209 g/mol. The molecule has 1 rings (SSSR count). The molecular formula is C10H15N3O2. The van der Waals surface area contributed by atoms with Gasteiger partial charge in [-0.05, 0) is 18.6 Å². The monoisotopic (exact) mass is 209 g/mol. The molecule has 0 radical (unpaired) electrons. The Morgan fingerprint density at radius 2 is 2.20 bits per heavy atom. The van der Waals surface area contributed by atoms with Gasteiger partial charge in [-0.25, -0.2) is 0 Å². The number of carbonyl (C=O) groups excluding carboxylic acids is 2. The van der Waals surface area contributed by atoms with E-state index in [0.29, 0.717) is 5.69 Å². The molecule has 1 heterocycles. The number of carbonyl (C=O) groups is 2. The fourth-order valence-electron chi connectivity index (χ4n) is 0.966. The first-order valence-electron chi connectivity index (χ1n) is 4.88. The molecule has 1 atom stereocenters. The summed E-state index contributed by atoms with van der Waals surface area (Å²) in [6, 6.07) is 3.34. The molecule has 0 aliphatic heterocycles. The van der Waals surface area contributed by atoms with E-state index in [9.17, 15) is 9.59 Å². The Hall–Kier alpha value is -1.78. The lowest BCUT2D eigenvalue weighted by Crippen LogP contribution is -2.44. The number of hydrogen-bond acceptors (Lipinski definition) is 2. The van der Waals surface area contributed by atoms with Crippen molar-refractivity contribution < 1.29 is 9.59 Å². The Morgan fingerprint density at radius 1 is 1.47 bits per heavy atom. The lowest BCUT2D eigenvalue weighted by molar-refractivity contribution is -0.125. The third kappa shape index (κ3) is 3.12. The van der Waals surface area contributed by atoms with Crippen LogP contribution in [0.15, 0.2) is 18.3 Å². The highest BCUT2D eigenvalue weighted by molar-refractivity contribution is 5.93. The lowest BCUT2D eigenvalue weighted by atomic mass is 10.1. The molecule has 0 spiro atoms. The van der Waals surface area contributed by atoms with Gasteiger partial charge in [0.2, 0.25) is 5.91 Å². The van der Waals surface area contributed by atoms with Crippen LogP contribution in [0.4, 0.5) is 0 Å². The van der Waals surface area contributed by atoms with Crippen molar-refractivity contribution in [2.75, 3.05) is 0 Å². The summed E-state index contributed by atoms with van der Waals surface area (Å²) < 4.78 is 0. The van der Waals surface area contributed by atoms with Crippen LogP contribution < -0.4 is 10.9 Å². The van der Waals surface area contributed by atoms with Gasteiger partial charge in [0, 0.05) is 12.1 Å². The van der Waals surface area contributed by atoms with Gasteiger partial charge in [0.15, 0.2) is 0 Å². The van der Waals surface area contributed by atoms with Crippen molar-refractivity contribution in [3.8, 4) is 0 Å². The molecule has 0 aliphatic carbocycles. The predicted molar refractivity (Wildman–Crippen MR) is 55.9 cm³/mol. The van der Waals surface area contributed by atoms with E-state index in [1.54, 1.807) is 25.3 Å². The number of hydrogen-bond donors (Lipinski definition) is 3. The van der Waals surface area contributed by atoms with E-state index in [4.69, 9.17) is 0 Å². The van der Waals surface area contributed by atoms with Gasteiger partial charge in [-0.2, -0.15) is 0 Å². The van der Waals surface area contributed by atoms with Crippen LogP contribution >= 0.6 is 0 Å². The highest BCUT2D eigenvalue weighted by Gasteiger charge is 2.11. The van der Waals surface area contributed by atoms with Crippen LogP contribution in [0.25, 0.3) is 0 Å². The smallest absolute Gasteiger partial charge is 0.286 e. The van der Waals surface area contributed by atoms with Gasteiger partial charge in [0.05, 0.1) is 0 Å². The zero-order valence-electron chi connectivity index (χ0n) is 8.83. The number of nitrogens with one attached hydrogen (secondary N) is 3. The molecule has 0 aromatic carbocycles. The highest BCUT2D eigenvalue weighted by Crippen LogP contribution is 1.99. The van der Waals surface area contributed by atoms with E-state index in [2.05, 4.69) is 15.8 Å². The average Bonchev–Trinajstić information content (AvgIpc) is 2.77. The molecule has 3 N–H and O–H groups in total. The minimum absolute atomic E-state index is 0.103. The molecule has 1 unspecified atom stereocenters. The van der Waals surface area contributed by atoms with E-state index in [0.717, 1.165) is 6.42 Å². The second kappa shape index (κ2) is 5.19. The summed E-state index contributed by atoms with van der Waals surface area (Å²) >= 11 is 0. The Bertz CT molecular complexity index is 332. The molecule has 82 valence electrons. The summed E-state index contributed by atoms with van der Waals surface area (Å²) in [6.07, 6.45) is 2.38. The van der Waals surface area contributed by atoms with E-state index >= 15 is 0 Å². The molecule has 15 heavy (non-hydrogen) atoms. The predicted octanol–water partition coefficient (Wildman–Crippen LogP) is 0.822. The number of rotatable bonds is 3. The van der Waals surface area contributed by atoms with E-state index in [-0.39, 0.29) is 17.7 Å². The Labute approximate surface area is 88.2 Å². The Balaban J connectivity index is 2.38. The summed E-state index contributed by atoms with van der Waals surface area (Å²) in [5, 5.41) is 0. The standard InChI is InChI=1S/C10H15N3O2/c1-3-7(2)9(14)12-13-10(15)8-5-4-6-11-8/h4-7,11H,3H2,1-2H3,(H,12,14)(H,13,15). The lowest BCUT2D eigenvalue weighted by Gasteiger charge is -2.10. The minimum Gasteiger partial charge on any atom is -0.357 e. The number of aromatic nitrogens is 1. The van der Waals surface area contributed by atoms with Crippen molar-refractivity contribution in [2.24, 2.45) is 5.92 Å². The normalized spacial score (nSPS) is 11.9. The van der Waals surface area contributed by atoms with Gasteiger partial charge in [0.1, 0.15) is 5.69 Å². The molecule has 1 aromatic rings. The molecule has 0 aliphatic rings. The second-order valence-corrected chi connectivity index (χ2v) is 3.34. The van der Waals surface area contributed by atoms with Crippen LogP contribution in [0.2, 0.25) is 0 Å². The molecule has 0 saturated carbocycles. The van der Waals surface area contributed by atoms with E-state index in [1.807, 2.05) is 6.92 Å². The summed E-state index contributed by atoms with van der Waals surface area (Å²) in [5.41, 5.74) is 5.11. The van der Waals surface area contributed by atoms with Crippen molar-refractivity contribution >= 4 is 11.8 Å². The third-order valence-electron chi connectivity index (χ3n) is 2.20. The first-order chi connectivity index (χ1) is 7.15. The maximum absolute atomic E-state index is 11.4. The molecule has 1 aromatic heterocycles. The maximum Gasteiger partial charge on any atom is 0.286 e. The summed E-state index contributed by atoms with van der Waals surface area (Å²) in [6.45, 7) is 3.72. The first-order valence-corrected chi connectivity index (χ1v) is 4.88. The molecule has 0 bridgehead atoms. The molecule has 0 saturated heterocycles. The van der Waals surface area contributed by atoms with Crippen LogP contribution in [0.1, 0.15) is 30.8 Å². The molecule has 0 fully saturated rings. The fraction of sp³-hybridized carbons (Fsp3) is 0.400. The van der Waals surface area contributed by atoms with E-state index in [1.165, 1.54) is 0 Å². The van der Waals surface area contributed by atoms with Crippen LogP contribution in [0.3, 0.4) is 0 Å². The highest BCUT2D eigenvalue weighted by atomic mass is 16.2. The molecule has 5 heteroatoms. The Kier molecular flexibility index (Phi) is 3.91. The van der Waals surface area contributed by atoms with Gasteiger partial charge in [-0.1, -0.05) is 13.8 Å². The fourth-order valence-corrected chi connectivity index (χ4v) is 0.966. The van der Waals surface area contributed by atoms with Crippen LogP contribution in [0, 0.1) is 5.92 Å². The van der Waals surface area contributed by atoms with Gasteiger partial charge in [0.25, 0.3) is 5.91 Å². The van der Waals surface area contributed by atoms with Crippen LogP contribution in [0.5, 0.6) is 0 Å². The SMILES string of the molecule is CCC(C)C(=O)NNC(=O)c1ccc[nH]1. The maximum atomic E-state index is 11.4. The zero-order valence-corrected chi connectivity index (χ0v) is 8.83. The number of aromatic amines is 1. The van der Waals surface area contributed by atoms with Crippen LogP contribution in [-0.2, 0) is 4.79 Å². The van der Waals surface area contributed by atoms with Gasteiger partial charge >= 0.3 is 0 Å². The molecular weight excluding hydrogens is 194 g/mol. The van der Waals surface area contributed by atoms with Crippen LogP contribution in [-0.4, -0.2) is 16.8 Å². The topological polar surface area (TPSA) is 74.0 Å². The van der Waals surface area contributed by atoms with Crippen molar-refractivity contribution in [3.63, 3.8) is 0 Å². The number of H-pyrrole nitrogens is 1. The summed E-state index contributed by atoms with van der Waals surface area (Å²) in [7, 11) is 0. The van der Waals surface area contributed by atoms with Crippen molar-refractivity contribution in [3.05, 3.63) is 24.0 Å². The first kappa shape index (κ1) is 11.3. The molecule has 5 nitrogen and oxygen atoms in total. The third-order valence-corrected chi connectivity index (χ3v) is 2.20. The summed E-state index contributed by atoms with van der Waals surface area (Å²) in [5.74, 6) is -0.636. The Morgan fingerprint density at radius 3 is 2.73 bits per heavy atom. The van der Waals surface area contributed by atoms with Gasteiger partial charge in [-0.3, -0.25) is 20.4 Å². The summed E-state index contributed by atoms with van der Waals surface area (Å²) in [4.78, 5) is 25.4. The quantitative estimate of drug-likeness (QED) is 0.645. The van der Waals surface area contributed by atoms with Crippen molar-refractivity contribution in [1.29, 1.82) is 0 Å². The minimum atomic E-state index is -0.350. The van der Waals surface area contributed by atoms with Gasteiger partial charge in [-0.15, -0.1) is 0 Å². The van der Waals surface area contributed by atoms with Crippen molar-refractivity contribution in [2.45, 2.75) is 20.3 Å².